The molecule has 1 amide bonds. The molecule has 0 bridgehead atoms. The fraction of sp³-hybridized carbons (Fsp3) is 0.393. The molecule has 188 valence electrons. The summed E-state index contributed by atoms with van der Waals surface area (Å²) in [5, 5.41) is 18.3. The predicted molar refractivity (Wildman–Crippen MR) is 148 cm³/mol. The van der Waals surface area contributed by atoms with Crippen LogP contribution in [0.2, 0.25) is 0 Å². The van der Waals surface area contributed by atoms with E-state index in [1.165, 1.54) is 0 Å². The van der Waals surface area contributed by atoms with Gasteiger partial charge in [-0.2, -0.15) is 5.26 Å². The Bertz CT molecular complexity index is 1180. The van der Waals surface area contributed by atoms with Gasteiger partial charge in [-0.3, -0.25) is 4.79 Å². The molecule has 1 aliphatic heterocycles. The minimum absolute atomic E-state index is 0.0723. The normalized spacial score (nSPS) is 14.8. The molecule has 0 saturated carbocycles. The molecule has 2 heterocycles. The number of anilines is 2. The predicted octanol–water partition coefficient (Wildman–Crippen LogP) is 4.84. The summed E-state index contributed by atoms with van der Waals surface area (Å²) in [6.45, 7) is 6.60. The van der Waals surface area contributed by atoms with Crippen molar-refractivity contribution in [2.24, 2.45) is 0 Å². The van der Waals surface area contributed by atoms with Crippen LogP contribution in [0.25, 0.3) is 22.4 Å². The summed E-state index contributed by atoms with van der Waals surface area (Å²) in [6.07, 6.45) is 1.90. The van der Waals surface area contributed by atoms with Crippen LogP contribution in [0.5, 0.6) is 0 Å². The molecule has 2 N–H and O–H groups in total. The van der Waals surface area contributed by atoms with E-state index in [2.05, 4.69) is 76.2 Å². The third-order valence-electron chi connectivity index (χ3n) is 6.44. The number of aromatic nitrogens is 1. The molecule has 1 aromatic heterocycles. The Labute approximate surface area is 217 Å². The number of carbonyl (C=O) groups is 1. The fourth-order valence-corrected chi connectivity index (χ4v) is 5.22. The number of hydrogen-bond donors (Lipinski definition) is 2. The lowest BCUT2D eigenvalue weighted by molar-refractivity contribution is -0.121. The first-order chi connectivity index (χ1) is 17.6. The molecule has 8 heteroatoms. The average Bonchev–Trinajstić information content (AvgIpc) is 3.40. The molecule has 7 nitrogen and oxygen atoms in total. The van der Waals surface area contributed by atoms with Crippen molar-refractivity contribution >= 4 is 28.1 Å². The van der Waals surface area contributed by atoms with Crippen LogP contribution in [0, 0.1) is 11.3 Å². The summed E-state index contributed by atoms with van der Waals surface area (Å²) < 4.78 is 0. The van der Waals surface area contributed by atoms with Gasteiger partial charge in [-0.1, -0.05) is 55.8 Å². The summed E-state index contributed by atoms with van der Waals surface area (Å²) in [5.74, 6) is -0.0723. The van der Waals surface area contributed by atoms with Crippen molar-refractivity contribution in [2.75, 3.05) is 50.0 Å². The van der Waals surface area contributed by atoms with Crippen molar-refractivity contribution < 1.29 is 4.79 Å². The van der Waals surface area contributed by atoms with Crippen LogP contribution in [-0.4, -0.2) is 61.6 Å². The van der Waals surface area contributed by atoms with E-state index in [1.54, 1.807) is 11.3 Å². The number of hydrogen-bond acceptors (Lipinski definition) is 7. The van der Waals surface area contributed by atoms with Gasteiger partial charge in [0.1, 0.15) is 6.04 Å². The van der Waals surface area contributed by atoms with Crippen LogP contribution in [0.3, 0.4) is 0 Å². The van der Waals surface area contributed by atoms with E-state index in [4.69, 9.17) is 10.2 Å². The third kappa shape index (κ3) is 6.42. The van der Waals surface area contributed by atoms with Gasteiger partial charge in [0, 0.05) is 54.9 Å². The lowest BCUT2D eigenvalue weighted by atomic mass is 10.0. The Morgan fingerprint density at radius 3 is 2.56 bits per heavy atom. The quantitative estimate of drug-likeness (QED) is 0.386. The smallest absolute Gasteiger partial charge is 0.242 e. The summed E-state index contributed by atoms with van der Waals surface area (Å²) in [6, 6.07) is 18.3. The van der Waals surface area contributed by atoms with Gasteiger partial charge in [0.2, 0.25) is 5.91 Å². The van der Waals surface area contributed by atoms with E-state index >= 15 is 0 Å². The largest absolute Gasteiger partial charge is 0.373 e. The molecular weight excluding hydrogens is 468 g/mol. The molecule has 0 aliphatic carbocycles. The van der Waals surface area contributed by atoms with Crippen LogP contribution in [0.15, 0.2) is 53.9 Å². The zero-order chi connectivity index (χ0) is 25.3. The first-order valence-electron chi connectivity index (χ1n) is 12.6. The maximum Gasteiger partial charge on any atom is 0.242 e. The SMILES string of the molecule is CCC[C@H](Nc1ccccc1-c1ccc(-c2csc(N3CCN(C)CC3)n2)cc1)C(=O)NCCC#N. The highest BCUT2D eigenvalue weighted by atomic mass is 32.1. The maximum absolute atomic E-state index is 12.7. The monoisotopic (exact) mass is 502 g/mol. The van der Waals surface area contributed by atoms with Crippen molar-refractivity contribution in [2.45, 2.75) is 32.2 Å². The highest BCUT2D eigenvalue weighted by Crippen LogP contribution is 2.32. The number of benzene rings is 2. The van der Waals surface area contributed by atoms with Crippen molar-refractivity contribution in [3.8, 4) is 28.5 Å². The molecule has 1 fully saturated rings. The molecule has 4 rings (SSSR count). The highest BCUT2D eigenvalue weighted by Gasteiger charge is 2.19. The molecule has 36 heavy (non-hydrogen) atoms. The average molecular weight is 503 g/mol. The van der Waals surface area contributed by atoms with Crippen molar-refractivity contribution in [3.63, 3.8) is 0 Å². The molecule has 1 atom stereocenters. The van der Waals surface area contributed by atoms with Gasteiger partial charge in [0.15, 0.2) is 5.13 Å². The van der Waals surface area contributed by atoms with E-state index in [1.807, 2.05) is 18.2 Å². The molecule has 0 radical (unpaired) electrons. The van der Waals surface area contributed by atoms with Gasteiger partial charge in [-0.15, -0.1) is 11.3 Å². The van der Waals surface area contributed by atoms with Gasteiger partial charge in [-0.05, 0) is 25.1 Å². The van der Waals surface area contributed by atoms with Gasteiger partial charge < -0.3 is 20.4 Å². The third-order valence-corrected chi connectivity index (χ3v) is 7.35. The molecule has 1 saturated heterocycles. The van der Waals surface area contributed by atoms with Crippen LogP contribution < -0.4 is 15.5 Å². The summed E-state index contributed by atoms with van der Waals surface area (Å²) in [7, 11) is 2.16. The zero-order valence-corrected chi connectivity index (χ0v) is 21.9. The first-order valence-corrected chi connectivity index (χ1v) is 13.5. The standard InChI is InChI=1S/C28H34N6OS/c1-3-7-25(27(35)30-15-6-14-29)31-24-9-5-4-8-23(24)21-10-12-22(13-11-21)26-20-36-28(32-26)34-18-16-33(2)17-19-34/h4-5,8-13,20,25,31H,3,6-7,15-19H2,1-2H3,(H,30,35)/t25-/m0/s1. The molecule has 1 aliphatic rings. The minimum atomic E-state index is -0.350. The topological polar surface area (TPSA) is 84.3 Å². The van der Waals surface area contributed by atoms with Crippen LogP contribution in [0.4, 0.5) is 10.8 Å². The van der Waals surface area contributed by atoms with E-state index in [0.717, 1.165) is 65.8 Å². The second kappa shape index (κ2) is 12.5. The van der Waals surface area contributed by atoms with Crippen LogP contribution in [0.1, 0.15) is 26.2 Å². The summed E-state index contributed by atoms with van der Waals surface area (Å²) >= 11 is 1.71. The molecule has 0 spiro atoms. The number of amides is 1. The maximum atomic E-state index is 12.7. The number of nitrogens with one attached hydrogen (secondary N) is 2. The Hall–Kier alpha value is -3.41. The second-order valence-corrected chi connectivity index (χ2v) is 9.95. The van der Waals surface area contributed by atoms with Crippen molar-refractivity contribution in [1.29, 1.82) is 5.26 Å². The number of para-hydroxylation sites is 1. The van der Waals surface area contributed by atoms with Gasteiger partial charge in [0.25, 0.3) is 0 Å². The molecule has 0 unspecified atom stereocenters. The van der Waals surface area contributed by atoms with Crippen molar-refractivity contribution in [1.82, 2.24) is 15.2 Å². The van der Waals surface area contributed by atoms with Gasteiger partial charge in [-0.25, -0.2) is 4.98 Å². The zero-order valence-electron chi connectivity index (χ0n) is 21.0. The number of thiazole rings is 1. The number of nitriles is 1. The van der Waals surface area contributed by atoms with Gasteiger partial charge in [0.05, 0.1) is 18.2 Å². The Morgan fingerprint density at radius 1 is 1.11 bits per heavy atom. The Balaban J connectivity index is 1.48. The lowest BCUT2D eigenvalue weighted by Crippen LogP contribution is -2.44. The molecule has 3 aromatic rings. The lowest BCUT2D eigenvalue weighted by Gasteiger charge is -2.32. The van der Waals surface area contributed by atoms with Crippen molar-refractivity contribution in [3.05, 3.63) is 53.9 Å². The summed E-state index contributed by atoms with van der Waals surface area (Å²) in [4.78, 5) is 22.3. The minimum Gasteiger partial charge on any atom is -0.373 e. The van der Waals surface area contributed by atoms with Crippen LogP contribution in [-0.2, 0) is 4.79 Å². The number of nitrogens with zero attached hydrogens (tertiary/aromatic N) is 4. The van der Waals surface area contributed by atoms with E-state index < -0.39 is 0 Å². The number of carbonyl (C=O) groups excluding carboxylic acids is 1. The van der Waals surface area contributed by atoms with E-state index in [9.17, 15) is 4.79 Å². The second-order valence-electron chi connectivity index (χ2n) is 9.11. The fourth-order valence-electron chi connectivity index (χ4n) is 4.33. The van der Waals surface area contributed by atoms with E-state index in [0.29, 0.717) is 19.4 Å². The summed E-state index contributed by atoms with van der Waals surface area (Å²) in [5.41, 5.74) is 5.15. The molecule has 2 aromatic carbocycles. The Kier molecular flexibility index (Phi) is 8.93. The van der Waals surface area contributed by atoms with Gasteiger partial charge >= 0.3 is 0 Å². The number of piperazine rings is 1. The Morgan fingerprint density at radius 2 is 1.83 bits per heavy atom. The number of likely N-dealkylation sites (N-methyl/N-ethyl adjacent to an activating group) is 1. The highest BCUT2D eigenvalue weighted by molar-refractivity contribution is 7.14. The van der Waals surface area contributed by atoms with Crippen LogP contribution >= 0.6 is 11.3 Å². The number of rotatable bonds is 10. The molecular formula is C28H34N6OS. The van der Waals surface area contributed by atoms with E-state index in [-0.39, 0.29) is 11.9 Å². The first kappa shape index (κ1) is 25.7.